The van der Waals surface area contributed by atoms with Gasteiger partial charge in [0, 0.05) is 14.1 Å². The molecule has 0 fully saturated rings. The minimum atomic E-state index is -3.13. The Hall–Kier alpha value is -3.86. The zero-order valence-corrected chi connectivity index (χ0v) is 30.8. The molecule has 8 heteroatoms. The molecule has 0 radical (unpaired) electrons. The maximum Gasteiger partial charge on any atom is 0.197 e. The quantitative estimate of drug-likeness (QED) is 0.0808. The summed E-state index contributed by atoms with van der Waals surface area (Å²) < 4.78 is 6.00. The van der Waals surface area contributed by atoms with E-state index in [0.29, 0.717) is 11.9 Å². The molecule has 0 aromatic heterocycles. The van der Waals surface area contributed by atoms with Crippen molar-refractivity contribution in [3.05, 3.63) is 121 Å². The van der Waals surface area contributed by atoms with Crippen LogP contribution < -0.4 is 31.7 Å². The van der Waals surface area contributed by atoms with Crippen molar-refractivity contribution < 1.29 is 4.74 Å². The van der Waals surface area contributed by atoms with E-state index in [0.717, 1.165) is 36.9 Å². The topological polar surface area (TPSA) is 75.2 Å². The largest absolute Gasteiger partial charge is 0.370 e. The summed E-state index contributed by atoms with van der Waals surface area (Å²) in [4.78, 5) is 10.9. The van der Waals surface area contributed by atoms with Crippen molar-refractivity contribution in [3.8, 4) is 5.75 Å². The molecule has 0 saturated heterocycles. The van der Waals surface area contributed by atoms with Gasteiger partial charge in [0.2, 0.25) is 5.96 Å². The van der Waals surface area contributed by atoms with E-state index in [2.05, 4.69) is 106 Å². The molecule has 6 nitrogen and oxygen atoms in total. The van der Waals surface area contributed by atoms with Crippen molar-refractivity contribution in [2.24, 2.45) is 15.7 Å². The van der Waals surface area contributed by atoms with Gasteiger partial charge in [-0.2, -0.15) is 0 Å². The Bertz CT molecular complexity index is 1530. The van der Waals surface area contributed by atoms with E-state index in [1.54, 1.807) is 0 Å². The first-order valence-electron chi connectivity index (χ1n) is 17.9. The Morgan fingerprint density at radius 2 is 1.08 bits per heavy atom. The first-order chi connectivity index (χ1) is 23.9. The number of aliphatic imine (C=N–C) groups is 2. The smallest absolute Gasteiger partial charge is 0.197 e. The molecule has 1 heterocycles. The summed E-state index contributed by atoms with van der Waals surface area (Å²) in [5, 5.41) is 6.78. The average Bonchev–Trinajstić information content (AvgIpc) is 3.14. The number of halogens is 1. The van der Waals surface area contributed by atoms with Crippen LogP contribution in [0.5, 0.6) is 5.75 Å². The molecular formula is C41H53ClN5OP. The zero-order valence-electron chi connectivity index (χ0n) is 29.2. The van der Waals surface area contributed by atoms with Crippen molar-refractivity contribution in [1.82, 2.24) is 10.2 Å². The van der Waals surface area contributed by atoms with Gasteiger partial charge in [0.15, 0.2) is 12.1 Å². The molecule has 0 aliphatic carbocycles. The number of benzene rings is 4. The van der Waals surface area contributed by atoms with Gasteiger partial charge < -0.3 is 15.4 Å². The van der Waals surface area contributed by atoms with Crippen LogP contribution in [0.3, 0.4) is 0 Å². The van der Waals surface area contributed by atoms with Crippen LogP contribution in [0.1, 0.15) is 75.9 Å². The molecule has 5 rings (SSSR count). The Kier molecular flexibility index (Phi) is 13.2. The van der Waals surface area contributed by atoms with Crippen LogP contribution in [0.25, 0.3) is 0 Å². The monoisotopic (exact) mass is 697 g/mol. The van der Waals surface area contributed by atoms with Gasteiger partial charge in [-0.15, -0.1) is 0 Å². The minimum absolute atomic E-state index is 0.342. The van der Waals surface area contributed by atoms with Crippen LogP contribution in [0.2, 0.25) is 0 Å². The van der Waals surface area contributed by atoms with E-state index in [9.17, 15) is 0 Å². The van der Waals surface area contributed by atoms with E-state index >= 15 is 0 Å². The van der Waals surface area contributed by atoms with E-state index in [1.165, 1.54) is 67.3 Å². The predicted octanol–water partition coefficient (Wildman–Crippen LogP) is 8.48. The molecule has 0 saturated carbocycles. The molecule has 1 aliphatic heterocycles. The van der Waals surface area contributed by atoms with Crippen molar-refractivity contribution in [3.63, 3.8) is 0 Å². The van der Waals surface area contributed by atoms with E-state index in [-0.39, 0.29) is 6.17 Å². The molecule has 1 unspecified atom stereocenters. The molecule has 1 aliphatic rings. The van der Waals surface area contributed by atoms with Gasteiger partial charge in [0.25, 0.3) is 0 Å². The molecule has 4 aromatic carbocycles. The second-order valence-electron chi connectivity index (χ2n) is 13.2. The van der Waals surface area contributed by atoms with Gasteiger partial charge in [-0.3, -0.25) is 5.32 Å². The summed E-state index contributed by atoms with van der Waals surface area (Å²) in [5.41, 5.74) is 6.94. The number of nitrogens with zero attached hydrogens (tertiary/aromatic N) is 3. The number of nitrogens with two attached hydrogens (primary N) is 1. The summed E-state index contributed by atoms with van der Waals surface area (Å²) in [6.07, 6.45) is 12.9. The summed E-state index contributed by atoms with van der Waals surface area (Å²) in [6.45, 7) is 0.737. The van der Waals surface area contributed by atoms with Crippen LogP contribution in [0.4, 0.5) is 0 Å². The van der Waals surface area contributed by atoms with E-state index < -0.39 is 5.96 Å². The molecule has 0 amide bonds. The first-order valence-corrected chi connectivity index (χ1v) is 21.2. The predicted molar refractivity (Wildman–Crippen MR) is 213 cm³/mol. The normalized spacial score (nSPS) is 15.3. The Balaban J connectivity index is 0.989. The van der Waals surface area contributed by atoms with Crippen molar-refractivity contribution in [2.75, 3.05) is 26.9 Å². The Morgan fingerprint density at radius 3 is 1.55 bits per heavy atom. The zero-order chi connectivity index (χ0) is 34.4. The fourth-order valence-corrected chi connectivity index (χ4v) is 13.0. The number of nitrogens with one attached hydrogen (secondary N) is 1. The molecule has 49 heavy (non-hydrogen) atoms. The number of unbranched alkanes of at least 4 members (excludes halogenated alkanes) is 9. The maximum atomic E-state index is 8.20. The van der Waals surface area contributed by atoms with E-state index in [1.807, 2.05) is 43.3 Å². The third-order valence-electron chi connectivity index (χ3n) is 9.47. The molecule has 0 spiro atoms. The maximum absolute atomic E-state index is 8.20. The van der Waals surface area contributed by atoms with Crippen LogP contribution in [-0.4, -0.2) is 43.7 Å². The van der Waals surface area contributed by atoms with Crippen LogP contribution in [-0.2, 0) is 0 Å². The molecule has 0 bridgehead atoms. The summed E-state index contributed by atoms with van der Waals surface area (Å²) in [7, 11) is 3.85. The number of rotatable bonds is 18. The Morgan fingerprint density at radius 1 is 0.633 bits per heavy atom. The van der Waals surface area contributed by atoms with Crippen LogP contribution in [0, 0.1) is 0 Å². The second-order valence-corrected chi connectivity index (χ2v) is 19.8. The third kappa shape index (κ3) is 9.23. The number of ether oxygens (including phenoxy) is 1. The fraction of sp³-hybridized carbons (Fsp3) is 0.366. The molecular weight excluding hydrogens is 645 g/mol. The van der Waals surface area contributed by atoms with Crippen molar-refractivity contribution in [2.45, 2.75) is 70.4 Å². The van der Waals surface area contributed by atoms with Crippen molar-refractivity contribution >= 4 is 45.0 Å². The SMILES string of the molecule is CN(C)C1=NC(c2ccc(OCCCCCCCCCCCCP(Cl)(c3ccccc3)(c3ccccc3)c3ccccc3)cc2)N=C(N)N1. The number of hydrogen-bond donors (Lipinski definition) is 2. The molecule has 1 atom stereocenters. The standard InChI is InChI=1S/C41H53ClN5OP/c1-47(2)41-45-39(44-40(43)46-41)34-28-30-35(31-29-34)48-32-20-9-7-5-3-4-6-8-10-21-33-49(42,36-22-14-11-15-23-36,37-24-16-12-17-25-37)38-26-18-13-19-27-38/h11-19,22-31,39H,3-10,20-21,32-33H2,1-2H3,(H3,43,44,45,46). The van der Waals surface area contributed by atoms with Gasteiger partial charge in [-0.05, 0) is 17.7 Å². The van der Waals surface area contributed by atoms with Crippen LogP contribution >= 0.6 is 17.2 Å². The second kappa shape index (κ2) is 17.7. The van der Waals surface area contributed by atoms with Crippen molar-refractivity contribution in [1.29, 1.82) is 0 Å². The van der Waals surface area contributed by atoms with Gasteiger partial charge >= 0.3 is 201 Å². The fourth-order valence-electron chi connectivity index (χ4n) is 6.73. The molecule has 3 N–H and O–H groups in total. The average molecular weight is 698 g/mol. The minimum Gasteiger partial charge on any atom is -0.370 e. The molecule has 4 aromatic rings. The number of hydrogen-bond acceptors (Lipinski definition) is 6. The third-order valence-corrected chi connectivity index (χ3v) is 17.0. The Labute approximate surface area is 298 Å². The van der Waals surface area contributed by atoms with Gasteiger partial charge in [0.1, 0.15) is 5.75 Å². The van der Waals surface area contributed by atoms with Gasteiger partial charge in [-0.25, -0.2) is 9.98 Å². The number of guanidine groups is 2. The molecule has 260 valence electrons. The van der Waals surface area contributed by atoms with Gasteiger partial charge in [0.05, 0.1) is 0 Å². The first kappa shape index (κ1) is 36.4. The van der Waals surface area contributed by atoms with E-state index in [4.69, 9.17) is 21.7 Å². The summed E-state index contributed by atoms with van der Waals surface area (Å²) in [6, 6.07) is 40.6. The van der Waals surface area contributed by atoms with Gasteiger partial charge in [-0.1, -0.05) is 12.1 Å². The summed E-state index contributed by atoms with van der Waals surface area (Å²) in [5.74, 6) is -1.18. The summed E-state index contributed by atoms with van der Waals surface area (Å²) >= 11 is 8.20. The van der Waals surface area contributed by atoms with Crippen LogP contribution in [0.15, 0.2) is 125 Å².